The third-order valence-corrected chi connectivity index (χ3v) is 5.36. The molecule has 120 valence electrons. The van der Waals surface area contributed by atoms with Gasteiger partial charge in [-0.25, -0.2) is 13.1 Å². The van der Waals surface area contributed by atoms with Crippen LogP contribution in [-0.4, -0.2) is 20.5 Å². The minimum atomic E-state index is -3.53. The van der Waals surface area contributed by atoms with E-state index in [2.05, 4.69) is 4.72 Å². The fraction of sp³-hybridized carbons (Fsp3) is 0.412. The zero-order chi connectivity index (χ0) is 16.2. The third-order valence-electron chi connectivity index (χ3n) is 3.85. The van der Waals surface area contributed by atoms with Gasteiger partial charge in [-0.2, -0.15) is 0 Å². The molecule has 0 amide bonds. The molecule has 22 heavy (non-hydrogen) atoms. The van der Waals surface area contributed by atoms with Gasteiger partial charge in [-0.3, -0.25) is 0 Å². The molecular weight excluding hydrogens is 296 g/mol. The summed E-state index contributed by atoms with van der Waals surface area (Å²) in [5.41, 5.74) is 7.32. The van der Waals surface area contributed by atoms with Gasteiger partial charge in [0.05, 0.1) is 4.90 Å². The van der Waals surface area contributed by atoms with Crippen LogP contribution in [0.25, 0.3) is 5.57 Å². The summed E-state index contributed by atoms with van der Waals surface area (Å²) >= 11 is 0. The van der Waals surface area contributed by atoms with E-state index in [9.17, 15) is 8.42 Å². The van der Waals surface area contributed by atoms with Gasteiger partial charge in [0.15, 0.2) is 0 Å². The molecule has 1 unspecified atom stereocenters. The first-order chi connectivity index (χ1) is 10.4. The van der Waals surface area contributed by atoms with Gasteiger partial charge in [0.2, 0.25) is 10.0 Å². The van der Waals surface area contributed by atoms with E-state index in [0.717, 1.165) is 18.4 Å². The van der Waals surface area contributed by atoms with Gasteiger partial charge in [-0.15, -0.1) is 0 Å². The van der Waals surface area contributed by atoms with Gasteiger partial charge in [0.1, 0.15) is 0 Å². The number of hydrogen-bond donors (Lipinski definition) is 2. The van der Waals surface area contributed by atoms with E-state index >= 15 is 0 Å². The zero-order valence-corrected chi connectivity index (χ0v) is 14.0. The second-order valence-corrected chi connectivity index (χ2v) is 7.61. The molecule has 0 aromatic heterocycles. The molecular formula is C17H24N2O2S. The van der Waals surface area contributed by atoms with Crippen LogP contribution in [-0.2, 0) is 10.0 Å². The number of hydrogen-bond acceptors (Lipinski definition) is 3. The normalized spacial score (nSPS) is 21.7. The smallest absolute Gasteiger partial charge is 0.241 e. The largest absolute Gasteiger partial charge is 0.321 e. The Labute approximate surface area is 133 Å². The van der Waals surface area contributed by atoms with Crippen LogP contribution in [0.3, 0.4) is 0 Å². The highest BCUT2D eigenvalue weighted by Crippen LogP contribution is 2.34. The Bertz CT molecular complexity index is 688. The molecule has 2 rings (SSSR count). The predicted molar refractivity (Wildman–Crippen MR) is 90.9 cm³/mol. The number of nitrogens with one attached hydrogen (secondary N) is 1. The van der Waals surface area contributed by atoms with Gasteiger partial charge in [-0.1, -0.05) is 49.8 Å². The molecule has 1 atom stereocenters. The van der Waals surface area contributed by atoms with Gasteiger partial charge < -0.3 is 5.73 Å². The predicted octanol–water partition coefficient (Wildman–Crippen LogP) is 2.83. The maximum absolute atomic E-state index is 12.6. The molecule has 0 heterocycles. The standard InChI is InChI=1S/C17H24N2O2S/c1-3-4-13-19-22(20,21)16-11-6-5-9-14(16)15-10-7-8-12-17(15,2)18/h5-11,19H,3-4,12-13,18H2,1-2H3. The first-order valence-electron chi connectivity index (χ1n) is 7.64. The lowest BCUT2D eigenvalue weighted by atomic mass is 9.82. The van der Waals surface area contributed by atoms with E-state index in [1.165, 1.54) is 0 Å². The molecule has 1 aromatic rings. The second-order valence-electron chi connectivity index (χ2n) is 5.88. The van der Waals surface area contributed by atoms with Crippen molar-refractivity contribution < 1.29 is 8.42 Å². The summed E-state index contributed by atoms with van der Waals surface area (Å²) in [7, 11) is -3.53. The quantitative estimate of drug-likeness (QED) is 0.792. The first-order valence-corrected chi connectivity index (χ1v) is 9.12. The van der Waals surface area contributed by atoms with Crippen molar-refractivity contribution in [3.05, 3.63) is 48.1 Å². The number of allylic oxidation sites excluding steroid dienone is 2. The van der Waals surface area contributed by atoms with Crippen molar-refractivity contribution in [1.82, 2.24) is 4.72 Å². The van der Waals surface area contributed by atoms with Crippen LogP contribution in [0.15, 0.2) is 47.4 Å². The van der Waals surface area contributed by atoms with Crippen LogP contribution in [0.2, 0.25) is 0 Å². The third kappa shape index (κ3) is 3.66. The minimum absolute atomic E-state index is 0.296. The molecule has 5 heteroatoms. The molecule has 0 aliphatic heterocycles. The van der Waals surface area contributed by atoms with E-state index in [1.807, 2.05) is 44.2 Å². The molecule has 3 N–H and O–H groups in total. The Kier molecular flexibility index (Phi) is 5.21. The Hall–Kier alpha value is -1.43. The van der Waals surface area contributed by atoms with Crippen LogP contribution in [0.1, 0.15) is 38.7 Å². The summed E-state index contributed by atoms with van der Waals surface area (Å²) in [5, 5.41) is 0. The summed E-state index contributed by atoms with van der Waals surface area (Å²) in [6.45, 7) is 4.41. The van der Waals surface area contributed by atoms with Crippen LogP contribution < -0.4 is 10.5 Å². The van der Waals surface area contributed by atoms with Crippen LogP contribution in [0, 0.1) is 0 Å². The maximum atomic E-state index is 12.6. The second kappa shape index (κ2) is 6.77. The SMILES string of the molecule is CCCCNS(=O)(=O)c1ccccc1C1=CC=CCC1(C)N. The van der Waals surface area contributed by atoms with Crippen molar-refractivity contribution in [3.63, 3.8) is 0 Å². The lowest BCUT2D eigenvalue weighted by molar-refractivity contribution is 0.576. The summed E-state index contributed by atoms with van der Waals surface area (Å²) < 4.78 is 27.8. The maximum Gasteiger partial charge on any atom is 0.241 e. The lowest BCUT2D eigenvalue weighted by Gasteiger charge is -2.30. The van der Waals surface area contributed by atoms with E-state index < -0.39 is 15.6 Å². The Balaban J connectivity index is 2.43. The molecule has 0 fully saturated rings. The first kappa shape index (κ1) is 16.9. The molecule has 0 bridgehead atoms. The lowest BCUT2D eigenvalue weighted by Crippen LogP contribution is -2.38. The summed E-state index contributed by atoms with van der Waals surface area (Å²) in [4.78, 5) is 0.296. The molecule has 1 aliphatic rings. The van der Waals surface area contributed by atoms with Gasteiger partial charge >= 0.3 is 0 Å². The van der Waals surface area contributed by atoms with Crippen molar-refractivity contribution >= 4 is 15.6 Å². The molecule has 0 saturated heterocycles. The number of unbranched alkanes of at least 4 members (excludes halogenated alkanes) is 1. The topological polar surface area (TPSA) is 72.2 Å². The average molecular weight is 320 g/mol. The number of benzene rings is 1. The summed E-state index contributed by atoms with van der Waals surface area (Å²) in [6, 6.07) is 7.05. The van der Waals surface area contributed by atoms with Crippen molar-refractivity contribution in [1.29, 1.82) is 0 Å². The van der Waals surface area contributed by atoms with E-state index in [4.69, 9.17) is 5.73 Å². The Morgan fingerprint density at radius 2 is 2.05 bits per heavy atom. The number of nitrogens with two attached hydrogens (primary N) is 1. The Morgan fingerprint density at radius 3 is 2.73 bits per heavy atom. The monoisotopic (exact) mass is 320 g/mol. The average Bonchev–Trinajstić information content (AvgIpc) is 2.47. The highest BCUT2D eigenvalue weighted by molar-refractivity contribution is 7.89. The fourth-order valence-corrected chi connectivity index (χ4v) is 3.85. The molecule has 4 nitrogen and oxygen atoms in total. The summed E-state index contributed by atoms with van der Waals surface area (Å²) in [6.07, 6.45) is 8.29. The minimum Gasteiger partial charge on any atom is -0.321 e. The molecule has 1 aliphatic carbocycles. The molecule has 0 radical (unpaired) electrons. The van der Waals surface area contributed by atoms with Gasteiger partial charge in [0.25, 0.3) is 0 Å². The molecule has 1 aromatic carbocycles. The highest BCUT2D eigenvalue weighted by atomic mass is 32.2. The van der Waals surface area contributed by atoms with Crippen molar-refractivity contribution in [2.75, 3.05) is 6.54 Å². The summed E-state index contributed by atoms with van der Waals surface area (Å²) in [5.74, 6) is 0. The van der Waals surface area contributed by atoms with Gasteiger partial charge in [0, 0.05) is 12.1 Å². The van der Waals surface area contributed by atoms with Crippen LogP contribution >= 0.6 is 0 Å². The number of rotatable bonds is 6. The van der Waals surface area contributed by atoms with E-state index in [0.29, 0.717) is 23.4 Å². The van der Waals surface area contributed by atoms with Gasteiger partial charge in [-0.05, 0) is 37.0 Å². The zero-order valence-electron chi connectivity index (χ0n) is 13.2. The molecule has 0 spiro atoms. The van der Waals surface area contributed by atoms with Crippen LogP contribution in [0.5, 0.6) is 0 Å². The number of sulfonamides is 1. The fourth-order valence-electron chi connectivity index (χ4n) is 2.56. The Morgan fingerprint density at radius 1 is 1.32 bits per heavy atom. The van der Waals surface area contributed by atoms with Crippen LogP contribution in [0.4, 0.5) is 0 Å². The van der Waals surface area contributed by atoms with E-state index in [-0.39, 0.29) is 0 Å². The van der Waals surface area contributed by atoms with Crippen molar-refractivity contribution in [2.45, 2.75) is 43.5 Å². The highest BCUT2D eigenvalue weighted by Gasteiger charge is 2.29. The molecule has 0 saturated carbocycles. The van der Waals surface area contributed by atoms with E-state index in [1.54, 1.807) is 12.1 Å². The van der Waals surface area contributed by atoms with Crippen molar-refractivity contribution in [2.24, 2.45) is 5.73 Å². The van der Waals surface area contributed by atoms with Crippen molar-refractivity contribution in [3.8, 4) is 0 Å².